The standard InChI is InChI=1S/C13H24N2O/c1-10-2-4-11(5-3-10)15(12-6-7-12)13(16)8-9-14/h10-12H,2-9,14H2,1H3. The number of hydrogen-bond donors (Lipinski definition) is 1. The van der Waals surface area contributed by atoms with Crippen molar-refractivity contribution in [2.24, 2.45) is 11.7 Å². The molecule has 2 N–H and O–H groups in total. The average Bonchev–Trinajstić information content (AvgIpc) is 3.06. The molecule has 0 heterocycles. The number of carbonyl (C=O) groups is 1. The Morgan fingerprint density at radius 2 is 1.62 bits per heavy atom. The molecule has 2 aliphatic carbocycles. The van der Waals surface area contributed by atoms with Crippen molar-refractivity contribution >= 4 is 5.91 Å². The van der Waals surface area contributed by atoms with Crippen LogP contribution in [0.15, 0.2) is 0 Å². The SMILES string of the molecule is CC1CCC(N(C(=O)CCN)C2CC2)CC1. The van der Waals surface area contributed by atoms with Gasteiger partial charge < -0.3 is 10.6 Å². The summed E-state index contributed by atoms with van der Waals surface area (Å²) in [6, 6.07) is 1.07. The highest BCUT2D eigenvalue weighted by Gasteiger charge is 2.37. The van der Waals surface area contributed by atoms with Crippen LogP contribution in [0.4, 0.5) is 0 Å². The molecule has 0 aromatic heterocycles. The molecule has 92 valence electrons. The van der Waals surface area contributed by atoms with Crippen LogP contribution >= 0.6 is 0 Å². The fourth-order valence-electron chi connectivity index (χ4n) is 2.83. The number of nitrogens with zero attached hydrogens (tertiary/aromatic N) is 1. The van der Waals surface area contributed by atoms with E-state index in [0.29, 0.717) is 31.0 Å². The van der Waals surface area contributed by atoms with Crippen molar-refractivity contribution in [1.29, 1.82) is 0 Å². The molecule has 16 heavy (non-hydrogen) atoms. The lowest BCUT2D eigenvalue weighted by atomic mass is 9.86. The Morgan fingerprint density at radius 3 is 2.06 bits per heavy atom. The van der Waals surface area contributed by atoms with E-state index in [1.54, 1.807) is 0 Å². The van der Waals surface area contributed by atoms with Gasteiger partial charge in [-0.2, -0.15) is 0 Å². The van der Waals surface area contributed by atoms with Gasteiger partial charge in [0.2, 0.25) is 5.91 Å². The van der Waals surface area contributed by atoms with Gasteiger partial charge in [0.15, 0.2) is 0 Å². The molecule has 0 bridgehead atoms. The molecule has 0 radical (unpaired) electrons. The molecule has 2 saturated carbocycles. The molecule has 0 aromatic carbocycles. The van der Waals surface area contributed by atoms with E-state index in [1.807, 2.05) is 0 Å². The van der Waals surface area contributed by atoms with Crippen molar-refractivity contribution in [1.82, 2.24) is 4.90 Å². The zero-order valence-electron chi connectivity index (χ0n) is 10.3. The Labute approximate surface area is 98.4 Å². The first-order valence-corrected chi connectivity index (χ1v) is 6.73. The zero-order chi connectivity index (χ0) is 11.5. The highest BCUT2D eigenvalue weighted by Crippen LogP contribution is 2.35. The first-order chi connectivity index (χ1) is 7.72. The molecule has 0 atom stereocenters. The second kappa shape index (κ2) is 5.17. The molecule has 2 rings (SSSR count). The van der Waals surface area contributed by atoms with Gasteiger partial charge in [-0.15, -0.1) is 0 Å². The second-order valence-electron chi connectivity index (χ2n) is 5.48. The molecule has 0 saturated heterocycles. The Kier molecular flexibility index (Phi) is 3.85. The summed E-state index contributed by atoms with van der Waals surface area (Å²) in [5.41, 5.74) is 5.49. The summed E-state index contributed by atoms with van der Waals surface area (Å²) in [5, 5.41) is 0. The number of rotatable bonds is 4. The Balaban J connectivity index is 1.93. The molecular weight excluding hydrogens is 200 g/mol. The van der Waals surface area contributed by atoms with Crippen molar-refractivity contribution in [2.75, 3.05) is 6.54 Å². The largest absolute Gasteiger partial charge is 0.337 e. The van der Waals surface area contributed by atoms with Crippen molar-refractivity contribution in [3.05, 3.63) is 0 Å². The summed E-state index contributed by atoms with van der Waals surface area (Å²) < 4.78 is 0. The van der Waals surface area contributed by atoms with E-state index < -0.39 is 0 Å². The number of nitrogens with two attached hydrogens (primary N) is 1. The highest BCUT2D eigenvalue weighted by molar-refractivity contribution is 5.77. The fraction of sp³-hybridized carbons (Fsp3) is 0.923. The summed E-state index contributed by atoms with van der Waals surface area (Å²) in [6.07, 6.45) is 7.92. The van der Waals surface area contributed by atoms with E-state index in [0.717, 1.165) is 5.92 Å². The van der Waals surface area contributed by atoms with Crippen LogP contribution < -0.4 is 5.73 Å². The van der Waals surface area contributed by atoms with Crippen LogP contribution in [0.2, 0.25) is 0 Å². The maximum Gasteiger partial charge on any atom is 0.224 e. The normalized spacial score (nSPS) is 30.1. The van der Waals surface area contributed by atoms with E-state index >= 15 is 0 Å². The van der Waals surface area contributed by atoms with Crippen molar-refractivity contribution in [3.63, 3.8) is 0 Å². The van der Waals surface area contributed by atoms with Gasteiger partial charge >= 0.3 is 0 Å². The predicted molar refractivity (Wildman–Crippen MR) is 65.0 cm³/mol. The molecule has 3 heteroatoms. The summed E-state index contributed by atoms with van der Waals surface area (Å²) in [6.45, 7) is 2.81. The maximum atomic E-state index is 12.1. The lowest BCUT2D eigenvalue weighted by molar-refractivity contribution is -0.134. The summed E-state index contributed by atoms with van der Waals surface area (Å²) in [7, 11) is 0. The van der Waals surface area contributed by atoms with Crippen LogP contribution in [0.5, 0.6) is 0 Å². The van der Waals surface area contributed by atoms with Gasteiger partial charge in [0.25, 0.3) is 0 Å². The third-order valence-corrected chi connectivity index (χ3v) is 3.97. The van der Waals surface area contributed by atoms with Crippen LogP contribution in [0.1, 0.15) is 51.9 Å². The minimum atomic E-state index is 0.296. The van der Waals surface area contributed by atoms with Gasteiger partial charge in [-0.1, -0.05) is 6.92 Å². The third-order valence-electron chi connectivity index (χ3n) is 3.97. The van der Waals surface area contributed by atoms with Crippen molar-refractivity contribution < 1.29 is 4.79 Å². The number of hydrogen-bond acceptors (Lipinski definition) is 2. The Morgan fingerprint density at radius 1 is 1.12 bits per heavy atom. The van der Waals surface area contributed by atoms with Crippen LogP contribution in [0.3, 0.4) is 0 Å². The molecule has 2 fully saturated rings. The van der Waals surface area contributed by atoms with Crippen LogP contribution in [-0.2, 0) is 4.79 Å². The minimum absolute atomic E-state index is 0.296. The van der Waals surface area contributed by atoms with Crippen molar-refractivity contribution in [3.8, 4) is 0 Å². The van der Waals surface area contributed by atoms with Gasteiger partial charge in [-0.3, -0.25) is 4.79 Å². The molecule has 2 aliphatic rings. The molecule has 0 spiro atoms. The number of amides is 1. The van der Waals surface area contributed by atoms with E-state index in [2.05, 4.69) is 11.8 Å². The lowest BCUT2D eigenvalue weighted by Gasteiger charge is -2.36. The molecular formula is C13H24N2O. The molecule has 0 aromatic rings. The Hall–Kier alpha value is -0.570. The van der Waals surface area contributed by atoms with E-state index in [-0.39, 0.29) is 0 Å². The third kappa shape index (κ3) is 2.76. The van der Waals surface area contributed by atoms with Crippen LogP contribution in [0, 0.1) is 5.92 Å². The quantitative estimate of drug-likeness (QED) is 0.793. The predicted octanol–water partition coefficient (Wildman–Crippen LogP) is 1.90. The minimum Gasteiger partial charge on any atom is -0.337 e. The van der Waals surface area contributed by atoms with Crippen molar-refractivity contribution in [2.45, 2.75) is 64.0 Å². The van der Waals surface area contributed by atoms with Crippen LogP contribution in [0.25, 0.3) is 0 Å². The highest BCUT2D eigenvalue weighted by atomic mass is 16.2. The smallest absolute Gasteiger partial charge is 0.224 e. The Bertz CT molecular complexity index is 242. The van der Waals surface area contributed by atoms with E-state index in [9.17, 15) is 4.79 Å². The topological polar surface area (TPSA) is 46.3 Å². The van der Waals surface area contributed by atoms with Gasteiger partial charge in [0.05, 0.1) is 0 Å². The molecule has 3 nitrogen and oxygen atoms in total. The van der Waals surface area contributed by atoms with Crippen LogP contribution in [-0.4, -0.2) is 29.4 Å². The first kappa shape index (κ1) is 11.9. The summed E-state index contributed by atoms with van der Waals surface area (Å²) >= 11 is 0. The van der Waals surface area contributed by atoms with Gasteiger partial charge in [-0.05, 0) is 44.4 Å². The van der Waals surface area contributed by atoms with Gasteiger partial charge in [-0.25, -0.2) is 0 Å². The monoisotopic (exact) mass is 224 g/mol. The summed E-state index contributed by atoms with van der Waals surface area (Å²) in [4.78, 5) is 14.2. The maximum absolute atomic E-state index is 12.1. The van der Waals surface area contributed by atoms with E-state index in [1.165, 1.54) is 38.5 Å². The van der Waals surface area contributed by atoms with E-state index in [4.69, 9.17) is 5.73 Å². The molecule has 0 aliphatic heterocycles. The van der Waals surface area contributed by atoms with Gasteiger partial charge in [0, 0.05) is 25.0 Å². The fourth-order valence-corrected chi connectivity index (χ4v) is 2.83. The number of carbonyl (C=O) groups excluding carboxylic acids is 1. The first-order valence-electron chi connectivity index (χ1n) is 6.73. The van der Waals surface area contributed by atoms with Gasteiger partial charge in [0.1, 0.15) is 0 Å². The summed E-state index contributed by atoms with van der Waals surface area (Å²) in [5.74, 6) is 1.14. The zero-order valence-corrected chi connectivity index (χ0v) is 10.3. The lowest BCUT2D eigenvalue weighted by Crippen LogP contribution is -2.44. The molecule has 1 amide bonds. The second-order valence-corrected chi connectivity index (χ2v) is 5.48. The molecule has 0 unspecified atom stereocenters. The average molecular weight is 224 g/mol.